The molecule has 14 heteroatoms. The van der Waals surface area contributed by atoms with Crippen LogP contribution in [0.3, 0.4) is 0 Å². The maximum atomic E-state index is 12.3. The molecule has 31 heavy (non-hydrogen) atoms. The number of benzene rings is 1. The van der Waals surface area contributed by atoms with E-state index in [-0.39, 0.29) is 16.9 Å². The molecule has 0 amide bonds. The number of hydrogen-bond donors (Lipinski definition) is 1. The van der Waals surface area contributed by atoms with Crippen molar-refractivity contribution in [1.29, 1.82) is 0 Å². The Kier molecular flexibility index (Phi) is 7.79. The minimum absolute atomic E-state index is 0.178. The number of nitro groups is 1. The molecule has 2 aromatic heterocycles. The van der Waals surface area contributed by atoms with Crippen molar-refractivity contribution in [2.75, 3.05) is 0 Å². The van der Waals surface area contributed by atoms with E-state index < -0.39 is 26.4 Å². The number of nitro benzene ring substituents is 1. The van der Waals surface area contributed by atoms with E-state index >= 15 is 0 Å². The first-order valence-corrected chi connectivity index (χ1v) is 10.5. The summed E-state index contributed by atoms with van der Waals surface area (Å²) in [5, 5.41) is 11.5. The fourth-order valence-electron chi connectivity index (χ4n) is 2.97. The third-order valence-corrected chi connectivity index (χ3v) is 4.29. The zero-order valence-corrected chi connectivity index (χ0v) is 17.2. The normalized spacial score (nSPS) is 11.2. The SMILES string of the molecule is CCCCCCn1c(=O)c(=O)[nH]c2cc([N+](=O)[O-])c(-n3ccnc3)cc21.O=S(=O)([O-])[O-]. The van der Waals surface area contributed by atoms with Crippen molar-refractivity contribution in [3.63, 3.8) is 0 Å². The molecule has 0 aliphatic heterocycles. The second-order valence-corrected chi connectivity index (χ2v) is 7.28. The van der Waals surface area contributed by atoms with E-state index in [0.717, 1.165) is 25.7 Å². The maximum Gasteiger partial charge on any atom is 0.316 e. The Morgan fingerprint density at radius 2 is 1.84 bits per heavy atom. The quantitative estimate of drug-likeness (QED) is 0.136. The average molecular weight is 453 g/mol. The van der Waals surface area contributed by atoms with Gasteiger partial charge in [0.2, 0.25) is 0 Å². The Labute approximate surface area is 175 Å². The molecule has 1 N–H and O–H groups in total. The van der Waals surface area contributed by atoms with Gasteiger partial charge in [0, 0.05) is 35.4 Å². The molecule has 0 saturated heterocycles. The highest BCUT2D eigenvalue weighted by Gasteiger charge is 2.19. The molecule has 13 nitrogen and oxygen atoms in total. The van der Waals surface area contributed by atoms with Crippen molar-refractivity contribution in [3.05, 3.63) is 61.7 Å². The topological polar surface area (TPSA) is 196 Å². The minimum atomic E-state index is -5.17. The standard InChI is InChI=1S/C17H19N5O4.H2O4S/c1-2-3-4-5-7-21-13-10-14(20-8-6-18-11-20)15(22(25)26)9-12(13)19-16(23)17(21)24;1-5(2,3)4/h6,8-11H,2-5,7H2,1H3,(H,19,23);(H2,1,2,3,4)/p-2. The summed E-state index contributed by atoms with van der Waals surface area (Å²) in [6.07, 6.45) is 8.34. The summed E-state index contributed by atoms with van der Waals surface area (Å²) in [4.78, 5) is 41.6. The van der Waals surface area contributed by atoms with Gasteiger partial charge in [-0.3, -0.25) is 28.1 Å². The van der Waals surface area contributed by atoms with Crippen LogP contribution in [0.25, 0.3) is 16.7 Å². The molecule has 0 saturated carbocycles. The summed E-state index contributed by atoms with van der Waals surface area (Å²) < 4.78 is 37.0. The number of hydrogen-bond acceptors (Lipinski definition) is 9. The van der Waals surface area contributed by atoms with Gasteiger partial charge in [0.1, 0.15) is 5.69 Å². The first kappa shape index (κ1) is 23.9. The molecule has 2 heterocycles. The monoisotopic (exact) mass is 453 g/mol. The average Bonchev–Trinajstić information content (AvgIpc) is 3.20. The Balaban J connectivity index is 0.000000614. The second-order valence-electron chi connectivity index (χ2n) is 6.46. The van der Waals surface area contributed by atoms with Crippen LogP contribution in [0.4, 0.5) is 5.69 Å². The van der Waals surface area contributed by atoms with Crippen molar-refractivity contribution < 1.29 is 22.4 Å². The summed E-state index contributed by atoms with van der Waals surface area (Å²) in [6.45, 7) is 2.48. The van der Waals surface area contributed by atoms with Gasteiger partial charge in [-0.1, -0.05) is 26.2 Å². The second kappa shape index (κ2) is 10.1. The van der Waals surface area contributed by atoms with Crippen molar-refractivity contribution in [3.8, 4) is 5.69 Å². The molecule has 0 aliphatic rings. The maximum absolute atomic E-state index is 12.3. The molecule has 0 unspecified atom stereocenters. The molecule has 3 aromatic rings. The van der Waals surface area contributed by atoms with Crippen LogP contribution >= 0.6 is 0 Å². The highest BCUT2D eigenvalue weighted by atomic mass is 32.3. The predicted octanol–water partition coefficient (Wildman–Crippen LogP) is 1.03. The van der Waals surface area contributed by atoms with E-state index in [9.17, 15) is 19.7 Å². The number of rotatable bonds is 7. The van der Waals surface area contributed by atoms with E-state index in [2.05, 4.69) is 16.9 Å². The van der Waals surface area contributed by atoms with E-state index in [1.165, 1.54) is 27.7 Å². The van der Waals surface area contributed by atoms with Gasteiger partial charge >= 0.3 is 11.1 Å². The number of nitrogens with zero attached hydrogens (tertiary/aromatic N) is 4. The Bertz CT molecular complexity index is 1270. The Morgan fingerprint density at radius 3 is 2.39 bits per heavy atom. The largest absolute Gasteiger partial charge is 0.759 e. The van der Waals surface area contributed by atoms with Crippen LogP contribution in [-0.2, 0) is 16.9 Å². The van der Waals surface area contributed by atoms with E-state index in [4.69, 9.17) is 17.5 Å². The Morgan fingerprint density at radius 1 is 1.16 bits per heavy atom. The highest BCUT2D eigenvalue weighted by molar-refractivity contribution is 7.79. The lowest BCUT2D eigenvalue weighted by Crippen LogP contribution is -2.36. The summed E-state index contributed by atoms with van der Waals surface area (Å²) in [5.41, 5.74) is -0.603. The first-order chi connectivity index (χ1) is 14.5. The molecule has 0 radical (unpaired) electrons. The first-order valence-electron chi connectivity index (χ1n) is 9.13. The zero-order chi connectivity index (χ0) is 23.2. The predicted molar refractivity (Wildman–Crippen MR) is 107 cm³/mol. The summed E-state index contributed by atoms with van der Waals surface area (Å²) in [7, 11) is -5.17. The van der Waals surface area contributed by atoms with Gasteiger partial charge in [-0.15, -0.1) is 0 Å². The number of imidazole rings is 1. The van der Waals surface area contributed by atoms with Crippen LogP contribution in [0.2, 0.25) is 0 Å². The summed E-state index contributed by atoms with van der Waals surface area (Å²) >= 11 is 0. The van der Waals surface area contributed by atoms with E-state index in [0.29, 0.717) is 12.1 Å². The van der Waals surface area contributed by atoms with Crippen molar-refractivity contribution in [1.82, 2.24) is 19.1 Å². The van der Waals surface area contributed by atoms with Gasteiger partial charge < -0.3 is 23.2 Å². The van der Waals surface area contributed by atoms with Crippen LogP contribution in [0, 0.1) is 10.1 Å². The fourth-order valence-corrected chi connectivity index (χ4v) is 2.97. The van der Waals surface area contributed by atoms with Gasteiger partial charge in [0.25, 0.3) is 5.69 Å². The number of aryl methyl sites for hydroxylation is 1. The van der Waals surface area contributed by atoms with Crippen LogP contribution in [0.15, 0.2) is 40.4 Å². The van der Waals surface area contributed by atoms with Crippen LogP contribution in [-0.4, -0.2) is 41.5 Å². The molecule has 168 valence electrons. The van der Waals surface area contributed by atoms with E-state index in [1.807, 2.05) is 0 Å². The van der Waals surface area contributed by atoms with E-state index in [1.54, 1.807) is 12.3 Å². The molecule has 0 aliphatic carbocycles. The Hall–Kier alpha value is -3.36. The molecular formula is C17H19N5O8S-2. The number of nitrogens with one attached hydrogen (secondary N) is 1. The molecule has 1 aromatic carbocycles. The number of aromatic amines is 1. The fraction of sp³-hybridized carbons (Fsp3) is 0.353. The molecule has 0 atom stereocenters. The van der Waals surface area contributed by atoms with Gasteiger partial charge in [-0.2, -0.15) is 0 Å². The van der Waals surface area contributed by atoms with Crippen molar-refractivity contribution >= 4 is 27.1 Å². The van der Waals surface area contributed by atoms with Gasteiger partial charge in [-0.25, -0.2) is 4.98 Å². The number of H-pyrrole nitrogens is 1. The van der Waals surface area contributed by atoms with Crippen LogP contribution in [0.1, 0.15) is 32.6 Å². The van der Waals surface area contributed by atoms with Crippen molar-refractivity contribution in [2.24, 2.45) is 0 Å². The molecule has 0 bridgehead atoms. The molecule has 3 rings (SSSR count). The van der Waals surface area contributed by atoms with Gasteiger partial charge in [-0.05, 0) is 12.5 Å². The van der Waals surface area contributed by atoms with Crippen molar-refractivity contribution in [2.45, 2.75) is 39.2 Å². The van der Waals surface area contributed by atoms with Gasteiger partial charge in [0.05, 0.1) is 22.3 Å². The number of unbranched alkanes of at least 4 members (excludes halogenated alkanes) is 3. The zero-order valence-electron chi connectivity index (χ0n) is 16.4. The smallest absolute Gasteiger partial charge is 0.316 e. The third-order valence-electron chi connectivity index (χ3n) is 4.29. The molecule has 0 fully saturated rings. The lowest BCUT2D eigenvalue weighted by Gasteiger charge is -2.12. The van der Waals surface area contributed by atoms with Gasteiger partial charge in [0.15, 0.2) is 0 Å². The number of fused-ring (bicyclic) bond motifs is 1. The molecular weight excluding hydrogens is 434 g/mol. The third kappa shape index (κ3) is 6.56. The summed E-state index contributed by atoms with van der Waals surface area (Å²) in [5.74, 6) is 0. The van der Waals surface area contributed by atoms with Crippen LogP contribution in [0.5, 0.6) is 0 Å². The lowest BCUT2D eigenvalue weighted by atomic mass is 10.2. The lowest BCUT2D eigenvalue weighted by molar-refractivity contribution is -0.384. The summed E-state index contributed by atoms with van der Waals surface area (Å²) in [6, 6.07) is 2.83. The highest BCUT2D eigenvalue weighted by Crippen LogP contribution is 2.27. The van der Waals surface area contributed by atoms with Crippen LogP contribution < -0.4 is 11.1 Å². The molecule has 0 spiro atoms. The number of aromatic nitrogens is 4. The minimum Gasteiger partial charge on any atom is -0.759 e.